The van der Waals surface area contributed by atoms with Gasteiger partial charge in [-0.15, -0.1) is 23.3 Å². The number of hydrogen-bond donors (Lipinski definition) is 2. The summed E-state index contributed by atoms with van der Waals surface area (Å²) in [7, 11) is 2.10. The van der Waals surface area contributed by atoms with Crippen LogP contribution in [0.25, 0.3) is 0 Å². The third-order valence-electron chi connectivity index (χ3n) is 1.74. The molecule has 0 aromatic carbocycles. The van der Waals surface area contributed by atoms with Crippen molar-refractivity contribution in [3.63, 3.8) is 0 Å². The lowest BCUT2D eigenvalue weighted by Gasteiger charge is -2.17. The summed E-state index contributed by atoms with van der Waals surface area (Å²) in [6, 6.07) is 0. The molecule has 1 rings (SSSR count). The molecule has 0 amide bonds. The van der Waals surface area contributed by atoms with Crippen molar-refractivity contribution in [3.05, 3.63) is 12.4 Å². The molecule has 1 aliphatic heterocycles. The summed E-state index contributed by atoms with van der Waals surface area (Å²) in [6.45, 7) is 4.50. The molecule has 0 aliphatic carbocycles. The number of nitrogens with zero attached hydrogens (tertiary/aromatic N) is 2. The molecule has 0 spiro atoms. The van der Waals surface area contributed by atoms with Crippen LogP contribution in [0.2, 0.25) is 0 Å². The minimum Gasteiger partial charge on any atom is -0.362 e. The van der Waals surface area contributed by atoms with Crippen LogP contribution in [0.5, 0.6) is 0 Å². The smallest absolute Gasteiger partial charge is 0.0890 e. The summed E-state index contributed by atoms with van der Waals surface area (Å²) >= 11 is 6.44. The van der Waals surface area contributed by atoms with Crippen molar-refractivity contribution >= 4 is 23.3 Å². The topological polar surface area (TPSA) is 6.48 Å². The second-order valence-corrected chi connectivity index (χ2v) is 2.86. The molecule has 0 atom stereocenters. The zero-order valence-electron chi connectivity index (χ0n) is 7.77. The van der Waals surface area contributed by atoms with Crippen LogP contribution in [-0.2, 0) is 0 Å². The first-order valence-corrected chi connectivity index (χ1v) is 5.75. The third kappa shape index (κ3) is 4.83. The van der Waals surface area contributed by atoms with E-state index in [-0.39, 0.29) is 0 Å². The zero-order chi connectivity index (χ0) is 9.40. The van der Waals surface area contributed by atoms with E-state index < -0.39 is 0 Å². The molecule has 0 aromatic heterocycles. The average Bonchev–Trinajstić information content (AvgIpc) is 2.51. The van der Waals surface area contributed by atoms with Crippen molar-refractivity contribution < 1.29 is 0 Å². The van der Waals surface area contributed by atoms with Gasteiger partial charge in [-0.1, -0.05) is 13.3 Å². The molecule has 12 heavy (non-hydrogen) atoms. The Morgan fingerprint density at radius 1 is 1.33 bits per heavy atom. The SMILES string of the molecule is CCCCN1C=CN(C)C1.SS. The fourth-order valence-electron chi connectivity index (χ4n) is 1.10. The number of thiol groups is 2. The van der Waals surface area contributed by atoms with Gasteiger partial charge in [0, 0.05) is 26.0 Å². The molecule has 1 aliphatic rings. The predicted octanol–water partition coefficient (Wildman–Crippen LogP) is 2.22. The summed E-state index contributed by atoms with van der Waals surface area (Å²) in [5.41, 5.74) is 0. The van der Waals surface area contributed by atoms with Crippen molar-refractivity contribution in [1.29, 1.82) is 0 Å². The highest BCUT2D eigenvalue weighted by molar-refractivity contribution is 8.59. The van der Waals surface area contributed by atoms with E-state index in [0.29, 0.717) is 0 Å². The van der Waals surface area contributed by atoms with Crippen LogP contribution in [0.15, 0.2) is 12.4 Å². The van der Waals surface area contributed by atoms with Gasteiger partial charge in [-0.25, -0.2) is 0 Å². The summed E-state index contributed by atoms with van der Waals surface area (Å²) < 4.78 is 0. The Hall–Kier alpha value is 0.0400. The first kappa shape index (κ1) is 12.0. The molecule has 0 aromatic rings. The van der Waals surface area contributed by atoms with Crippen molar-refractivity contribution in [1.82, 2.24) is 9.80 Å². The first-order valence-electron chi connectivity index (χ1n) is 4.15. The second kappa shape index (κ2) is 7.68. The summed E-state index contributed by atoms with van der Waals surface area (Å²) in [6.07, 6.45) is 6.87. The van der Waals surface area contributed by atoms with Gasteiger partial charge in [0.1, 0.15) is 0 Å². The standard InChI is InChI=1S/C8H16N2.H2S2/c1-3-4-5-10-7-6-9(2)8-10;1-2/h6-7H,3-5,8H2,1-2H3;1-2H. The average molecular weight is 206 g/mol. The lowest BCUT2D eigenvalue weighted by Crippen LogP contribution is -2.23. The van der Waals surface area contributed by atoms with Gasteiger partial charge >= 0.3 is 0 Å². The van der Waals surface area contributed by atoms with E-state index in [0.717, 1.165) is 6.67 Å². The van der Waals surface area contributed by atoms with Gasteiger partial charge in [0.15, 0.2) is 0 Å². The van der Waals surface area contributed by atoms with E-state index in [9.17, 15) is 0 Å². The molecule has 4 heteroatoms. The lowest BCUT2D eigenvalue weighted by molar-refractivity contribution is 0.293. The molecular formula is C8H18N2S2. The molecule has 0 N–H and O–H groups in total. The Bertz CT molecular complexity index is 128. The molecule has 1 heterocycles. The zero-order valence-corrected chi connectivity index (χ0v) is 9.56. The molecular weight excluding hydrogens is 188 g/mol. The van der Waals surface area contributed by atoms with Gasteiger partial charge in [0.2, 0.25) is 0 Å². The maximum absolute atomic E-state index is 3.22. The van der Waals surface area contributed by atoms with Crippen LogP contribution in [-0.4, -0.2) is 30.1 Å². The minimum atomic E-state index is 1.07. The molecule has 0 saturated carbocycles. The van der Waals surface area contributed by atoms with Gasteiger partial charge in [-0.05, 0) is 6.42 Å². The van der Waals surface area contributed by atoms with Crippen LogP contribution in [0.4, 0.5) is 0 Å². The largest absolute Gasteiger partial charge is 0.362 e. The van der Waals surface area contributed by atoms with E-state index >= 15 is 0 Å². The summed E-state index contributed by atoms with van der Waals surface area (Å²) in [5.74, 6) is 0. The fraction of sp³-hybridized carbons (Fsp3) is 0.750. The monoisotopic (exact) mass is 206 g/mol. The minimum absolute atomic E-state index is 1.07. The van der Waals surface area contributed by atoms with Crippen molar-refractivity contribution in [2.24, 2.45) is 0 Å². The Morgan fingerprint density at radius 3 is 2.42 bits per heavy atom. The molecule has 72 valence electrons. The maximum atomic E-state index is 3.22. The van der Waals surface area contributed by atoms with Crippen LogP contribution in [0, 0.1) is 0 Å². The molecule has 2 nitrogen and oxygen atoms in total. The lowest BCUT2D eigenvalue weighted by atomic mass is 10.3. The van der Waals surface area contributed by atoms with Gasteiger partial charge in [0.05, 0.1) is 6.67 Å². The Balaban J connectivity index is 0.000000561. The Labute approximate surface area is 85.8 Å². The highest BCUT2D eigenvalue weighted by Crippen LogP contribution is 2.04. The molecule has 0 radical (unpaired) electrons. The molecule has 0 unspecified atom stereocenters. The maximum Gasteiger partial charge on any atom is 0.0890 e. The van der Waals surface area contributed by atoms with E-state index in [1.807, 2.05) is 0 Å². The number of unbranched alkanes of at least 4 members (excludes halogenated alkanes) is 1. The Kier molecular flexibility index (Phi) is 7.70. The van der Waals surface area contributed by atoms with E-state index in [4.69, 9.17) is 0 Å². The van der Waals surface area contributed by atoms with Crippen molar-refractivity contribution in [2.45, 2.75) is 19.8 Å². The summed E-state index contributed by atoms with van der Waals surface area (Å²) in [4.78, 5) is 4.53. The number of hydrogen-bond acceptors (Lipinski definition) is 4. The van der Waals surface area contributed by atoms with Crippen LogP contribution in [0.3, 0.4) is 0 Å². The van der Waals surface area contributed by atoms with E-state index in [1.165, 1.54) is 19.4 Å². The fourth-order valence-corrected chi connectivity index (χ4v) is 1.10. The molecule has 0 saturated heterocycles. The number of rotatable bonds is 3. The van der Waals surface area contributed by atoms with Crippen LogP contribution >= 0.6 is 23.3 Å². The predicted molar refractivity (Wildman–Crippen MR) is 61.4 cm³/mol. The normalized spacial score (nSPS) is 14.7. The van der Waals surface area contributed by atoms with Gasteiger partial charge in [0.25, 0.3) is 0 Å². The second-order valence-electron chi connectivity index (χ2n) is 2.86. The van der Waals surface area contributed by atoms with Gasteiger partial charge in [-0.2, -0.15) is 0 Å². The Morgan fingerprint density at radius 2 is 2.00 bits per heavy atom. The van der Waals surface area contributed by atoms with Gasteiger partial charge < -0.3 is 9.80 Å². The van der Waals surface area contributed by atoms with Gasteiger partial charge in [-0.3, -0.25) is 0 Å². The summed E-state index contributed by atoms with van der Waals surface area (Å²) in [5, 5.41) is 0. The van der Waals surface area contributed by atoms with Crippen molar-refractivity contribution in [3.8, 4) is 0 Å². The van der Waals surface area contributed by atoms with E-state index in [2.05, 4.69) is 59.5 Å². The van der Waals surface area contributed by atoms with E-state index in [1.54, 1.807) is 0 Å². The highest BCUT2D eigenvalue weighted by atomic mass is 33.1. The molecule has 0 bridgehead atoms. The highest BCUT2D eigenvalue weighted by Gasteiger charge is 2.05. The first-order chi connectivity index (χ1) is 5.83. The van der Waals surface area contributed by atoms with Crippen LogP contribution < -0.4 is 0 Å². The third-order valence-corrected chi connectivity index (χ3v) is 1.74. The quantitative estimate of drug-likeness (QED) is 0.540. The van der Waals surface area contributed by atoms with Crippen molar-refractivity contribution in [2.75, 3.05) is 20.3 Å². The molecule has 0 fully saturated rings. The van der Waals surface area contributed by atoms with Crippen LogP contribution in [0.1, 0.15) is 19.8 Å².